The van der Waals surface area contributed by atoms with E-state index in [2.05, 4.69) is 5.32 Å². The molecule has 3 atom stereocenters. The third kappa shape index (κ3) is 6.96. The van der Waals surface area contributed by atoms with Gasteiger partial charge >= 0.3 is 5.97 Å². The van der Waals surface area contributed by atoms with Crippen LogP contribution in [0, 0.1) is 17.8 Å². The Bertz CT molecular complexity index is 555. The van der Waals surface area contributed by atoms with E-state index in [4.69, 9.17) is 9.94 Å². The van der Waals surface area contributed by atoms with Crippen LogP contribution in [0.1, 0.15) is 78.1 Å². The Morgan fingerprint density at radius 3 is 2.10 bits per heavy atom. The Labute approximate surface area is 172 Å². The third-order valence-electron chi connectivity index (χ3n) is 6.08. The van der Waals surface area contributed by atoms with Crippen molar-refractivity contribution in [3.05, 3.63) is 0 Å². The number of nitrogens with one attached hydrogen (secondary N) is 2. The summed E-state index contributed by atoms with van der Waals surface area (Å²) in [6, 6.07) is -0.776. The maximum atomic E-state index is 13.0. The fourth-order valence-corrected chi connectivity index (χ4v) is 4.48. The van der Waals surface area contributed by atoms with Crippen molar-refractivity contribution in [3.8, 4) is 0 Å². The molecular weight excluding hydrogens is 376 g/mol. The molecule has 0 saturated heterocycles. The molecule has 0 spiro atoms. The Morgan fingerprint density at radius 1 is 0.966 bits per heavy atom. The quantitative estimate of drug-likeness (QED) is 0.261. The van der Waals surface area contributed by atoms with E-state index in [1.54, 1.807) is 0 Å². The van der Waals surface area contributed by atoms with E-state index in [1.807, 2.05) is 13.8 Å². The lowest BCUT2D eigenvalue weighted by Crippen LogP contribution is -2.53. The molecular formula is C21H36N2O6. The van der Waals surface area contributed by atoms with E-state index in [9.17, 15) is 19.5 Å². The van der Waals surface area contributed by atoms with Gasteiger partial charge in [-0.1, -0.05) is 33.1 Å². The normalized spacial score (nSPS) is 21.4. The number of esters is 1. The zero-order valence-corrected chi connectivity index (χ0v) is 17.6. The predicted octanol–water partition coefficient (Wildman–Crippen LogP) is 2.07. The van der Waals surface area contributed by atoms with Gasteiger partial charge in [0.05, 0.1) is 5.92 Å². The van der Waals surface area contributed by atoms with E-state index in [0.29, 0.717) is 0 Å². The van der Waals surface area contributed by atoms with Gasteiger partial charge in [-0.25, -0.2) is 10.3 Å². The van der Waals surface area contributed by atoms with Crippen molar-refractivity contribution in [1.82, 2.24) is 10.8 Å². The fraction of sp³-hybridized carbons (Fsp3) is 0.857. The first kappa shape index (κ1) is 23.6. The Kier molecular flexibility index (Phi) is 9.36. The molecule has 2 aliphatic rings. The van der Waals surface area contributed by atoms with Crippen LogP contribution < -0.4 is 10.8 Å². The summed E-state index contributed by atoms with van der Waals surface area (Å²) in [5.41, 5.74) is 1.40. The highest BCUT2D eigenvalue weighted by molar-refractivity contribution is 5.91. The van der Waals surface area contributed by atoms with Gasteiger partial charge in [0, 0.05) is 0 Å². The molecule has 2 fully saturated rings. The SMILES string of the molecule is CC(C)C[C@@H](C(=O)N[C@H](C(=O)OC1CCCC1)C1CCCCC1)[C@H](O)C(=O)NO. The largest absolute Gasteiger partial charge is 0.461 e. The number of hydrogen-bond acceptors (Lipinski definition) is 6. The van der Waals surface area contributed by atoms with E-state index < -0.39 is 35.8 Å². The number of aliphatic hydroxyl groups excluding tert-OH is 1. The average Bonchev–Trinajstić information content (AvgIpc) is 3.22. The van der Waals surface area contributed by atoms with E-state index >= 15 is 0 Å². The molecule has 0 aromatic carbocycles. The number of rotatable bonds is 9. The second-order valence-electron chi connectivity index (χ2n) is 8.88. The van der Waals surface area contributed by atoms with Gasteiger partial charge in [-0.2, -0.15) is 0 Å². The van der Waals surface area contributed by atoms with Crippen molar-refractivity contribution in [2.45, 2.75) is 96.3 Å². The van der Waals surface area contributed by atoms with Crippen molar-refractivity contribution in [2.24, 2.45) is 17.8 Å². The highest BCUT2D eigenvalue weighted by atomic mass is 16.5. The Morgan fingerprint density at radius 2 is 1.55 bits per heavy atom. The molecule has 2 amide bonds. The summed E-state index contributed by atoms with van der Waals surface area (Å²) in [4.78, 5) is 37.6. The topological polar surface area (TPSA) is 125 Å². The van der Waals surface area contributed by atoms with E-state index in [-0.39, 0.29) is 24.4 Å². The molecule has 8 heteroatoms. The lowest BCUT2D eigenvalue weighted by Gasteiger charge is -2.32. The van der Waals surface area contributed by atoms with Crippen LogP contribution in [-0.2, 0) is 19.1 Å². The van der Waals surface area contributed by atoms with Crippen molar-refractivity contribution in [1.29, 1.82) is 0 Å². The third-order valence-corrected chi connectivity index (χ3v) is 6.08. The van der Waals surface area contributed by atoms with Crippen LogP contribution in [0.2, 0.25) is 0 Å². The molecule has 2 aliphatic carbocycles. The van der Waals surface area contributed by atoms with Gasteiger partial charge in [0.15, 0.2) is 0 Å². The maximum Gasteiger partial charge on any atom is 0.329 e. The summed E-state index contributed by atoms with van der Waals surface area (Å²) < 4.78 is 5.68. The molecule has 0 radical (unpaired) electrons. The van der Waals surface area contributed by atoms with Crippen LogP contribution >= 0.6 is 0 Å². The van der Waals surface area contributed by atoms with Crippen LogP contribution in [-0.4, -0.2) is 46.3 Å². The number of carbonyl (C=O) groups is 3. The average molecular weight is 413 g/mol. The molecule has 8 nitrogen and oxygen atoms in total. The van der Waals surface area contributed by atoms with Crippen molar-refractivity contribution in [3.63, 3.8) is 0 Å². The standard InChI is InChI=1S/C21H36N2O6/c1-13(2)12-16(18(24)20(26)23-28)19(25)22-17(14-8-4-3-5-9-14)21(27)29-15-10-6-7-11-15/h13-18,24,28H,3-12H2,1-2H3,(H,22,25)(H,23,26)/t16-,17+,18+/m1/s1. The summed E-state index contributed by atoms with van der Waals surface area (Å²) in [5.74, 6) is -3.05. The fourth-order valence-electron chi connectivity index (χ4n) is 4.48. The minimum atomic E-state index is -1.69. The number of aliphatic hydroxyl groups is 1. The van der Waals surface area contributed by atoms with Crippen LogP contribution in [0.5, 0.6) is 0 Å². The monoisotopic (exact) mass is 412 g/mol. The van der Waals surface area contributed by atoms with Crippen molar-refractivity contribution < 1.29 is 29.4 Å². The number of hydroxylamine groups is 1. The van der Waals surface area contributed by atoms with Crippen molar-refractivity contribution >= 4 is 17.8 Å². The second kappa shape index (κ2) is 11.5. The number of amides is 2. The highest BCUT2D eigenvalue weighted by Crippen LogP contribution is 2.29. The molecule has 29 heavy (non-hydrogen) atoms. The smallest absolute Gasteiger partial charge is 0.329 e. The number of hydrogen-bond donors (Lipinski definition) is 4. The first-order valence-electron chi connectivity index (χ1n) is 11.0. The maximum absolute atomic E-state index is 13.0. The molecule has 0 bridgehead atoms. The lowest BCUT2D eigenvalue weighted by molar-refractivity contribution is -0.156. The van der Waals surface area contributed by atoms with Gasteiger partial charge < -0.3 is 15.2 Å². The molecule has 166 valence electrons. The summed E-state index contributed by atoms with van der Waals surface area (Å²) in [6.07, 6.45) is 7.01. The van der Waals surface area contributed by atoms with Crippen molar-refractivity contribution in [2.75, 3.05) is 0 Å². The molecule has 0 aromatic heterocycles. The Balaban J connectivity index is 2.13. The minimum absolute atomic E-state index is 0.00915. The zero-order chi connectivity index (χ0) is 21.4. The van der Waals surface area contributed by atoms with Gasteiger partial charge in [0.25, 0.3) is 5.91 Å². The molecule has 0 aliphatic heterocycles. The number of carbonyl (C=O) groups excluding carboxylic acids is 3. The molecule has 0 heterocycles. The zero-order valence-electron chi connectivity index (χ0n) is 17.6. The van der Waals surface area contributed by atoms with Gasteiger partial charge in [-0.05, 0) is 56.8 Å². The first-order chi connectivity index (χ1) is 13.8. The first-order valence-corrected chi connectivity index (χ1v) is 11.0. The van der Waals surface area contributed by atoms with Gasteiger partial charge in [-0.15, -0.1) is 0 Å². The molecule has 2 rings (SSSR count). The van der Waals surface area contributed by atoms with Gasteiger partial charge in [0.2, 0.25) is 5.91 Å². The van der Waals surface area contributed by atoms with E-state index in [1.165, 1.54) is 5.48 Å². The van der Waals surface area contributed by atoms with Gasteiger partial charge in [0.1, 0.15) is 18.2 Å². The molecule has 4 N–H and O–H groups in total. The summed E-state index contributed by atoms with van der Waals surface area (Å²) in [6.45, 7) is 3.74. The highest BCUT2D eigenvalue weighted by Gasteiger charge is 2.38. The molecule has 2 saturated carbocycles. The summed E-state index contributed by atoms with van der Waals surface area (Å²) in [7, 11) is 0. The summed E-state index contributed by atoms with van der Waals surface area (Å²) >= 11 is 0. The Hall–Kier alpha value is -1.67. The summed E-state index contributed by atoms with van der Waals surface area (Å²) in [5, 5.41) is 21.9. The minimum Gasteiger partial charge on any atom is -0.461 e. The number of ether oxygens (including phenoxy) is 1. The van der Waals surface area contributed by atoms with E-state index in [0.717, 1.165) is 57.8 Å². The van der Waals surface area contributed by atoms with Crippen LogP contribution in [0.15, 0.2) is 0 Å². The van der Waals surface area contributed by atoms with Crippen LogP contribution in [0.25, 0.3) is 0 Å². The second-order valence-corrected chi connectivity index (χ2v) is 8.88. The predicted molar refractivity (Wildman–Crippen MR) is 106 cm³/mol. The van der Waals surface area contributed by atoms with Gasteiger partial charge in [-0.3, -0.25) is 14.8 Å². The van der Waals surface area contributed by atoms with Crippen LogP contribution in [0.3, 0.4) is 0 Å². The van der Waals surface area contributed by atoms with Crippen LogP contribution in [0.4, 0.5) is 0 Å². The lowest BCUT2D eigenvalue weighted by atomic mass is 9.83. The molecule has 0 aromatic rings. The molecule has 0 unspecified atom stereocenters.